The number of nitrogens with one attached hydrogen (secondary N) is 2. The van der Waals surface area contributed by atoms with Crippen molar-refractivity contribution in [1.29, 1.82) is 0 Å². The van der Waals surface area contributed by atoms with E-state index in [4.69, 9.17) is 0 Å². The first-order chi connectivity index (χ1) is 18.4. The van der Waals surface area contributed by atoms with Crippen molar-refractivity contribution >= 4 is 51.1 Å². The number of amides is 3. The molecule has 3 heterocycles. The van der Waals surface area contributed by atoms with Crippen LogP contribution in [0.5, 0.6) is 0 Å². The van der Waals surface area contributed by atoms with Gasteiger partial charge in [-0.15, -0.1) is 11.8 Å². The Morgan fingerprint density at radius 1 is 1.13 bits per heavy atom. The second kappa shape index (κ2) is 11.4. The average molecular weight is 601 g/mol. The van der Waals surface area contributed by atoms with E-state index in [2.05, 4.69) is 33.5 Å². The van der Waals surface area contributed by atoms with Crippen LogP contribution in [0.2, 0.25) is 0 Å². The molecule has 3 N–H and O–H groups in total. The van der Waals surface area contributed by atoms with E-state index in [-0.39, 0.29) is 34.4 Å². The topological polar surface area (TPSA) is 98.7 Å². The summed E-state index contributed by atoms with van der Waals surface area (Å²) in [5.74, 6) is -1.83. The first-order valence-corrected chi connectivity index (χ1v) is 15.1. The molecule has 2 aromatic rings. The third-order valence-corrected chi connectivity index (χ3v) is 11.3. The van der Waals surface area contributed by atoms with Crippen molar-refractivity contribution in [3.05, 3.63) is 66.2 Å². The highest BCUT2D eigenvalue weighted by Crippen LogP contribution is 2.68. The molecule has 3 saturated heterocycles. The number of hydrogen-bond acceptors (Lipinski definition) is 5. The van der Waals surface area contributed by atoms with Crippen LogP contribution in [0, 0.1) is 11.8 Å². The number of para-hydroxylation sites is 1. The number of nitrogens with zero attached hydrogens (tertiary/aromatic N) is 1. The summed E-state index contributed by atoms with van der Waals surface area (Å²) in [6, 6.07) is 17.6. The fraction of sp³-hybridized carbons (Fsp3) is 0.483. The van der Waals surface area contributed by atoms with Gasteiger partial charge < -0.3 is 20.6 Å². The van der Waals surface area contributed by atoms with Crippen LogP contribution in [0.25, 0.3) is 0 Å². The van der Waals surface area contributed by atoms with Crippen LogP contribution in [-0.2, 0) is 20.8 Å². The molecule has 3 amide bonds. The molecule has 3 unspecified atom stereocenters. The van der Waals surface area contributed by atoms with Crippen LogP contribution in [-0.4, -0.2) is 67.8 Å². The van der Waals surface area contributed by atoms with Gasteiger partial charge in [0.05, 0.1) is 29.2 Å². The zero-order chi connectivity index (χ0) is 26.9. The predicted molar refractivity (Wildman–Crippen MR) is 153 cm³/mol. The van der Waals surface area contributed by atoms with E-state index in [0.717, 1.165) is 18.4 Å². The average Bonchev–Trinajstić information content (AvgIpc) is 3.52. The van der Waals surface area contributed by atoms with Crippen molar-refractivity contribution in [2.75, 3.05) is 18.5 Å². The number of aliphatic hydroxyl groups is 1. The minimum atomic E-state index is -0.762. The van der Waals surface area contributed by atoms with Crippen molar-refractivity contribution in [1.82, 2.24) is 10.2 Å². The molecule has 9 heteroatoms. The molecule has 5 rings (SSSR count). The number of anilines is 1. The molecule has 0 saturated carbocycles. The monoisotopic (exact) mass is 599 g/mol. The zero-order valence-electron chi connectivity index (χ0n) is 21.4. The standard InChI is InChI=1S/C29H34BrN3O4S/c1-2-3-14-31-27(36)25-29-16-21(30)24(38-29)22(26(35)32-19-12-8-5-9-13-19)23(29)28(37)33(25)20(17-34)15-18-10-6-4-7-11-18/h4-13,20-25,34H,2-3,14-17H2,1H3,(H,31,36)(H,32,35)/t20-,21?,22+,23+,24+,25?,29?/m1/s1. The van der Waals surface area contributed by atoms with Crippen LogP contribution in [0.15, 0.2) is 60.7 Å². The molecule has 3 aliphatic heterocycles. The molecule has 3 aliphatic rings. The smallest absolute Gasteiger partial charge is 0.244 e. The summed E-state index contributed by atoms with van der Waals surface area (Å²) in [5, 5.41) is 16.5. The third-order valence-electron chi connectivity index (χ3n) is 8.07. The molecule has 1 spiro atoms. The molecule has 2 aromatic carbocycles. The molecular weight excluding hydrogens is 566 g/mol. The number of aliphatic hydroxyl groups excluding tert-OH is 1. The van der Waals surface area contributed by atoms with Crippen LogP contribution in [0.4, 0.5) is 5.69 Å². The molecule has 0 aromatic heterocycles. The number of hydrogen-bond donors (Lipinski definition) is 3. The number of halogens is 1. The highest BCUT2D eigenvalue weighted by atomic mass is 79.9. The Bertz CT molecular complexity index is 1170. The van der Waals surface area contributed by atoms with Crippen molar-refractivity contribution in [3.63, 3.8) is 0 Å². The van der Waals surface area contributed by atoms with Crippen LogP contribution in [0.3, 0.4) is 0 Å². The van der Waals surface area contributed by atoms with Crippen molar-refractivity contribution in [2.45, 2.75) is 59.5 Å². The summed E-state index contributed by atoms with van der Waals surface area (Å²) >= 11 is 5.41. The van der Waals surface area contributed by atoms with Gasteiger partial charge in [0.15, 0.2) is 0 Å². The summed E-state index contributed by atoms with van der Waals surface area (Å²) in [6.07, 6.45) is 2.82. The van der Waals surface area contributed by atoms with E-state index < -0.39 is 28.7 Å². The molecule has 2 bridgehead atoms. The van der Waals surface area contributed by atoms with E-state index in [9.17, 15) is 19.5 Å². The van der Waals surface area contributed by atoms with Crippen LogP contribution < -0.4 is 10.6 Å². The highest BCUT2D eigenvalue weighted by molar-refractivity contribution is 9.09. The Morgan fingerprint density at radius 3 is 2.47 bits per heavy atom. The van der Waals surface area contributed by atoms with Gasteiger partial charge in [0.2, 0.25) is 17.7 Å². The minimum Gasteiger partial charge on any atom is -0.394 e. The number of alkyl halides is 1. The Kier molecular flexibility index (Phi) is 8.16. The quantitative estimate of drug-likeness (QED) is 0.286. The highest BCUT2D eigenvalue weighted by Gasteiger charge is 2.76. The summed E-state index contributed by atoms with van der Waals surface area (Å²) in [7, 11) is 0. The van der Waals surface area contributed by atoms with Gasteiger partial charge in [-0.2, -0.15) is 0 Å². The summed E-state index contributed by atoms with van der Waals surface area (Å²) in [5.41, 5.74) is 1.66. The zero-order valence-corrected chi connectivity index (χ0v) is 23.8. The van der Waals surface area contributed by atoms with Crippen LogP contribution in [0.1, 0.15) is 31.7 Å². The number of likely N-dealkylation sites (tertiary alicyclic amines) is 1. The second-order valence-electron chi connectivity index (χ2n) is 10.4. The molecule has 0 radical (unpaired) electrons. The van der Waals surface area contributed by atoms with Crippen molar-refractivity contribution in [2.24, 2.45) is 11.8 Å². The van der Waals surface area contributed by atoms with E-state index in [1.807, 2.05) is 60.7 Å². The molecule has 7 atom stereocenters. The second-order valence-corrected chi connectivity index (χ2v) is 13.2. The third kappa shape index (κ3) is 4.77. The lowest BCUT2D eigenvalue weighted by molar-refractivity contribution is -0.142. The number of carbonyl (C=O) groups excluding carboxylic acids is 3. The normalized spacial score (nSPS) is 30.2. The van der Waals surface area contributed by atoms with Gasteiger partial charge in [-0.1, -0.05) is 77.8 Å². The van der Waals surface area contributed by atoms with Gasteiger partial charge in [0.1, 0.15) is 6.04 Å². The summed E-state index contributed by atoms with van der Waals surface area (Å²) < 4.78 is -0.741. The Morgan fingerprint density at radius 2 is 1.82 bits per heavy atom. The van der Waals surface area contributed by atoms with Gasteiger partial charge in [0, 0.05) is 22.3 Å². The first kappa shape index (κ1) is 27.2. The van der Waals surface area contributed by atoms with Gasteiger partial charge >= 0.3 is 0 Å². The van der Waals surface area contributed by atoms with Crippen molar-refractivity contribution < 1.29 is 19.5 Å². The number of carbonyl (C=O) groups is 3. The van der Waals surface area contributed by atoms with Gasteiger partial charge in [-0.05, 0) is 37.0 Å². The van der Waals surface area contributed by atoms with E-state index >= 15 is 0 Å². The molecule has 38 heavy (non-hydrogen) atoms. The maximum Gasteiger partial charge on any atom is 0.244 e. The Labute approximate surface area is 236 Å². The van der Waals surface area contributed by atoms with Crippen molar-refractivity contribution in [3.8, 4) is 0 Å². The molecule has 0 aliphatic carbocycles. The van der Waals surface area contributed by atoms with Gasteiger partial charge in [0.25, 0.3) is 0 Å². The first-order valence-electron chi connectivity index (χ1n) is 13.3. The van der Waals surface area contributed by atoms with Gasteiger partial charge in [-0.3, -0.25) is 14.4 Å². The SMILES string of the molecule is CCCCNC(=O)C1N([C@@H](CO)Cc2ccccc2)C(=O)[C@@H]2[C@H](C(=O)Nc3ccccc3)[C@H]3SC12CC3Br. The number of fused-ring (bicyclic) bond motifs is 1. The lowest BCUT2D eigenvalue weighted by atomic mass is 9.70. The van der Waals surface area contributed by atoms with E-state index in [1.54, 1.807) is 16.7 Å². The lowest BCUT2D eigenvalue weighted by Gasteiger charge is -2.37. The van der Waals surface area contributed by atoms with Crippen LogP contribution >= 0.6 is 27.7 Å². The lowest BCUT2D eigenvalue weighted by Crippen LogP contribution is -2.57. The molecule has 7 nitrogen and oxygen atoms in total. The maximum absolute atomic E-state index is 14.3. The Hall–Kier alpha value is -2.36. The summed E-state index contributed by atoms with van der Waals surface area (Å²) in [6.45, 7) is 2.32. The fourth-order valence-corrected chi connectivity index (χ4v) is 10.0. The fourth-order valence-electron chi connectivity index (χ4n) is 6.43. The predicted octanol–water partition coefficient (Wildman–Crippen LogP) is 3.61. The maximum atomic E-state index is 14.3. The number of rotatable bonds is 10. The number of benzene rings is 2. The number of thioether (sulfide) groups is 1. The number of unbranched alkanes of at least 4 members (excludes halogenated alkanes) is 1. The largest absolute Gasteiger partial charge is 0.394 e. The molecule has 202 valence electrons. The van der Waals surface area contributed by atoms with E-state index in [1.165, 1.54) is 0 Å². The Balaban J connectivity index is 1.51. The molecular formula is C29H34BrN3O4S. The summed E-state index contributed by atoms with van der Waals surface area (Å²) in [4.78, 5) is 43.5. The van der Waals surface area contributed by atoms with Gasteiger partial charge in [-0.25, -0.2) is 0 Å². The van der Waals surface area contributed by atoms with E-state index in [0.29, 0.717) is 25.1 Å². The molecule has 3 fully saturated rings. The minimum absolute atomic E-state index is 0.00401.